The van der Waals surface area contributed by atoms with Gasteiger partial charge in [-0.2, -0.15) is 0 Å². The Morgan fingerprint density at radius 3 is 2.28 bits per heavy atom. The van der Waals surface area contributed by atoms with Crippen molar-refractivity contribution in [1.29, 1.82) is 0 Å². The Balaban J connectivity index is 2.32. The zero-order chi connectivity index (χ0) is 13.5. The predicted molar refractivity (Wildman–Crippen MR) is 65.6 cm³/mol. The van der Waals surface area contributed by atoms with Crippen LogP contribution in [-0.2, 0) is 9.59 Å². The highest BCUT2D eigenvalue weighted by Gasteiger charge is 2.50. The van der Waals surface area contributed by atoms with E-state index in [2.05, 4.69) is 5.32 Å². The van der Waals surface area contributed by atoms with Gasteiger partial charge in [-0.3, -0.25) is 19.8 Å². The molecule has 0 bridgehead atoms. The number of amides is 4. The fourth-order valence-corrected chi connectivity index (χ4v) is 3.05. The average molecular weight is 252 g/mol. The van der Waals surface area contributed by atoms with Gasteiger partial charge in [-0.05, 0) is 25.7 Å². The molecule has 1 saturated carbocycles. The normalized spacial score (nSPS) is 27.9. The van der Waals surface area contributed by atoms with Gasteiger partial charge in [-0.1, -0.05) is 26.7 Å². The number of hydrogen-bond donors (Lipinski definition) is 1. The topological polar surface area (TPSA) is 66.5 Å². The molecule has 18 heavy (non-hydrogen) atoms. The van der Waals surface area contributed by atoms with Gasteiger partial charge in [0.25, 0.3) is 0 Å². The van der Waals surface area contributed by atoms with Gasteiger partial charge >= 0.3 is 6.03 Å². The molecule has 0 aromatic heterocycles. The van der Waals surface area contributed by atoms with Crippen LogP contribution in [0.25, 0.3) is 0 Å². The summed E-state index contributed by atoms with van der Waals surface area (Å²) in [7, 11) is 0. The second-order valence-corrected chi connectivity index (χ2v) is 5.89. The lowest BCUT2D eigenvalue weighted by atomic mass is 9.88. The zero-order valence-electron chi connectivity index (χ0n) is 11.2. The van der Waals surface area contributed by atoms with E-state index in [0.29, 0.717) is 0 Å². The Hall–Kier alpha value is -1.39. The number of hydrogen-bond acceptors (Lipinski definition) is 3. The largest absolute Gasteiger partial charge is 0.331 e. The summed E-state index contributed by atoms with van der Waals surface area (Å²) in [6.45, 7) is 5.59. The Bertz CT molecular complexity index is 397. The van der Waals surface area contributed by atoms with Gasteiger partial charge in [-0.15, -0.1) is 0 Å². The molecular weight excluding hydrogens is 232 g/mol. The third-order valence-corrected chi connectivity index (χ3v) is 4.09. The lowest BCUT2D eigenvalue weighted by molar-refractivity contribution is -0.148. The molecule has 0 radical (unpaired) electrons. The lowest BCUT2D eigenvalue weighted by Gasteiger charge is -2.41. The highest BCUT2D eigenvalue weighted by atomic mass is 16.2. The number of carbonyl (C=O) groups excluding carboxylic acids is 3. The van der Waals surface area contributed by atoms with E-state index in [1.54, 1.807) is 0 Å². The van der Waals surface area contributed by atoms with Crippen molar-refractivity contribution in [3.63, 3.8) is 0 Å². The molecule has 5 heteroatoms. The van der Waals surface area contributed by atoms with Crippen LogP contribution in [-0.4, -0.2) is 28.3 Å². The molecule has 2 rings (SSSR count). The molecule has 1 aliphatic carbocycles. The average Bonchev–Trinajstić information content (AvgIpc) is 2.63. The maximum Gasteiger partial charge on any atom is 0.331 e. The summed E-state index contributed by atoms with van der Waals surface area (Å²) < 4.78 is 0. The fraction of sp³-hybridized carbons (Fsp3) is 0.769. The van der Waals surface area contributed by atoms with Crippen molar-refractivity contribution in [3.8, 4) is 0 Å². The van der Waals surface area contributed by atoms with E-state index in [1.807, 2.05) is 20.8 Å². The molecule has 2 fully saturated rings. The van der Waals surface area contributed by atoms with Crippen molar-refractivity contribution in [1.82, 2.24) is 10.2 Å². The summed E-state index contributed by atoms with van der Waals surface area (Å²) in [6.07, 6.45) is 3.69. The second kappa shape index (κ2) is 4.37. The number of nitrogens with zero attached hydrogens (tertiary/aromatic N) is 1. The van der Waals surface area contributed by atoms with E-state index in [-0.39, 0.29) is 11.8 Å². The lowest BCUT2D eigenvalue weighted by Crippen LogP contribution is -2.65. The number of imide groups is 2. The summed E-state index contributed by atoms with van der Waals surface area (Å²) in [4.78, 5) is 37.4. The monoisotopic (exact) mass is 252 g/mol. The minimum Gasteiger partial charge on any atom is -0.277 e. The third-order valence-electron chi connectivity index (χ3n) is 4.09. The maximum atomic E-state index is 12.4. The Morgan fingerprint density at radius 2 is 1.78 bits per heavy atom. The van der Waals surface area contributed by atoms with Gasteiger partial charge in [0, 0.05) is 5.54 Å². The van der Waals surface area contributed by atoms with Crippen LogP contribution in [0.4, 0.5) is 4.79 Å². The molecule has 0 aromatic carbocycles. The summed E-state index contributed by atoms with van der Waals surface area (Å²) in [5.74, 6) is -1.63. The van der Waals surface area contributed by atoms with Gasteiger partial charge in [0.2, 0.25) is 11.8 Å². The van der Waals surface area contributed by atoms with E-state index >= 15 is 0 Å². The summed E-state index contributed by atoms with van der Waals surface area (Å²) >= 11 is 0. The quantitative estimate of drug-likeness (QED) is 0.760. The molecule has 1 unspecified atom stereocenters. The van der Waals surface area contributed by atoms with Gasteiger partial charge in [0.05, 0.1) is 0 Å². The SMILES string of the molecule is CC(C)C1C(=O)NC(=O)N(C2(C)CCCC2)C1=O. The van der Waals surface area contributed by atoms with Crippen molar-refractivity contribution >= 4 is 17.8 Å². The predicted octanol–water partition coefficient (Wildman–Crippen LogP) is 1.67. The van der Waals surface area contributed by atoms with Crippen LogP contribution in [0.1, 0.15) is 46.5 Å². The van der Waals surface area contributed by atoms with Crippen LogP contribution in [0.5, 0.6) is 0 Å². The summed E-state index contributed by atoms with van der Waals surface area (Å²) in [5.41, 5.74) is -0.422. The number of rotatable bonds is 2. The number of carbonyl (C=O) groups is 3. The molecule has 4 amide bonds. The first-order chi connectivity index (χ1) is 8.37. The molecule has 100 valence electrons. The second-order valence-electron chi connectivity index (χ2n) is 5.89. The van der Waals surface area contributed by atoms with Gasteiger partial charge < -0.3 is 0 Å². The van der Waals surface area contributed by atoms with E-state index in [4.69, 9.17) is 0 Å². The fourth-order valence-electron chi connectivity index (χ4n) is 3.05. The van der Waals surface area contributed by atoms with E-state index < -0.39 is 23.4 Å². The summed E-state index contributed by atoms with van der Waals surface area (Å²) in [5, 5.41) is 2.32. The molecule has 5 nitrogen and oxygen atoms in total. The number of nitrogens with one attached hydrogen (secondary N) is 1. The third kappa shape index (κ3) is 1.91. The van der Waals surface area contributed by atoms with Crippen molar-refractivity contribution in [2.24, 2.45) is 11.8 Å². The molecule has 1 atom stereocenters. The first kappa shape index (κ1) is 13.1. The van der Waals surface area contributed by atoms with Crippen LogP contribution in [0, 0.1) is 11.8 Å². The highest BCUT2D eigenvalue weighted by molar-refractivity contribution is 6.16. The van der Waals surface area contributed by atoms with E-state index in [9.17, 15) is 14.4 Å². The van der Waals surface area contributed by atoms with E-state index in [1.165, 1.54) is 4.90 Å². The number of barbiturate groups is 1. The molecule has 0 spiro atoms. The minimum atomic E-state index is -0.736. The van der Waals surface area contributed by atoms with Gasteiger partial charge in [0.15, 0.2) is 0 Å². The van der Waals surface area contributed by atoms with Gasteiger partial charge in [0.1, 0.15) is 5.92 Å². The van der Waals surface area contributed by atoms with Crippen molar-refractivity contribution in [2.45, 2.75) is 52.0 Å². The van der Waals surface area contributed by atoms with Crippen LogP contribution >= 0.6 is 0 Å². The van der Waals surface area contributed by atoms with Crippen LogP contribution in [0.3, 0.4) is 0 Å². The maximum absolute atomic E-state index is 12.4. The smallest absolute Gasteiger partial charge is 0.277 e. The summed E-state index contributed by atoms with van der Waals surface area (Å²) in [6, 6.07) is -0.550. The van der Waals surface area contributed by atoms with Crippen LogP contribution < -0.4 is 5.32 Å². The highest BCUT2D eigenvalue weighted by Crippen LogP contribution is 2.37. The first-order valence-electron chi connectivity index (χ1n) is 6.56. The Labute approximate surface area is 107 Å². The molecule has 0 aromatic rings. The zero-order valence-corrected chi connectivity index (χ0v) is 11.2. The molecular formula is C13H20N2O3. The molecule has 1 heterocycles. The van der Waals surface area contributed by atoms with E-state index in [0.717, 1.165) is 25.7 Å². The Morgan fingerprint density at radius 1 is 1.22 bits per heavy atom. The number of urea groups is 1. The molecule has 1 N–H and O–H groups in total. The van der Waals surface area contributed by atoms with Crippen molar-refractivity contribution in [3.05, 3.63) is 0 Å². The van der Waals surface area contributed by atoms with Crippen LogP contribution in [0.15, 0.2) is 0 Å². The standard InChI is InChI=1S/C13H20N2O3/c1-8(2)9-10(16)14-12(18)15(11(9)17)13(3)6-4-5-7-13/h8-9H,4-7H2,1-3H3,(H,14,16,18). The minimum absolute atomic E-state index is 0.0990. The molecule has 1 aliphatic heterocycles. The first-order valence-corrected chi connectivity index (χ1v) is 6.56. The van der Waals surface area contributed by atoms with Crippen molar-refractivity contribution < 1.29 is 14.4 Å². The molecule has 1 saturated heterocycles. The van der Waals surface area contributed by atoms with Crippen LogP contribution in [0.2, 0.25) is 0 Å². The van der Waals surface area contributed by atoms with Crippen molar-refractivity contribution in [2.75, 3.05) is 0 Å². The van der Waals surface area contributed by atoms with Gasteiger partial charge in [-0.25, -0.2) is 4.79 Å². The Kier molecular flexibility index (Phi) is 3.17. The molecule has 2 aliphatic rings.